The number of ketones is 1. The minimum atomic E-state index is -1.09. The number of hydrogen-bond donors (Lipinski definition) is 1. The Labute approximate surface area is 144 Å². The number of benzene rings is 1. The van der Waals surface area contributed by atoms with Crippen molar-refractivity contribution in [3.8, 4) is 0 Å². The maximum atomic E-state index is 12.9. The van der Waals surface area contributed by atoms with Crippen molar-refractivity contribution >= 4 is 94.2 Å². The predicted octanol–water partition coefficient (Wildman–Crippen LogP) is -7.60. The third kappa shape index (κ3) is 2.28. The number of halogens is 1. The van der Waals surface area contributed by atoms with Gasteiger partial charge in [-0.2, -0.15) is 0 Å². The number of carbonyl (C=O) groups is 1. The van der Waals surface area contributed by atoms with Gasteiger partial charge in [-0.1, -0.05) is 27.7 Å². The third-order valence-corrected chi connectivity index (χ3v) is 6.03. The molecule has 1 atom stereocenters. The van der Waals surface area contributed by atoms with Crippen molar-refractivity contribution < 1.29 is 4.79 Å². The van der Waals surface area contributed by atoms with Gasteiger partial charge in [-0.05, 0) is 18.1 Å². The van der Waals surface area contributed by atoms with Gasteiger partial charge in [0.2, 0.25) is 0 Å². The van der Waals surface area contributed by atoms with Gasteiger partial charge in [0.05, 0.1) is 5.54 Å². The van der Waals surface area contributed by atoms with Gasteiger partial charge >= 0.3 is 0 Å². The van der Waals surface area contributed by atoms with Crippen molar-refractivity contribution in [2.45, 2.75) is 17.2 Å². The molecule has 1 aromatic carbocycles. The summed E-state index contributed by atoms with van der Waals surface area (Å²) in [5, 5.41) is 0.253. The molecule has 2 rings (SSSR count). The molecule has 1 aliphatic rings. The second kappa shape index (κ2) is 5.45. The zero-order chi connectivity index (χ0) is 17.0. The van der Waals surface area contributed by atoms with Gasteiger partial charge in [0.1, 0.15) is 54.9 Å². The quantitative estimate of drug-likeness (QED) is 0.524. The molecule has 1 aromatic rings. The van der Waals surface area contributed by atoms with Crippen molar-refractivity contribution in [2.24, 2.45) is 5.73 Å². The Hall–Kier alpha value is -0.665. The Kier molecular flexibility index (Phi) is 4.38. The molecule has 0 aromatic heterocycles. The lowest BCUT2D eigenvalue weighted by atomic mass is 9.38. The number of nitrogens with two attached hydrogens (primary N) is 1. The van der Waals surface area contributed by atoms with Gasteiger partial charge in [-0.25, -0.2) is 0 Å². The van der Waals surface area contributed by atoms with E-state index in [1.165, 1.54) is 5.46 Å². The van der Waals surface area contributed by atoms with E-state index in [2.05, 4.69) is 31.4 Å². The van der Waals surface area contributed by atoms with Gasteiger partial charge in [0, 0.05) is 5.02 Å². The molecule has 0 radical (unpaired) electrons. The SMILES string of the molecule is BC1=CC(=O)C(N)(c2c(B)c(B)c(B)c(B)c2Cl)C(B)(B)C1. The van der Waals surface area contributed by atoms with Crippen molar-refractivity contribution in [1.29, 1.82) is 0 Å². The molecule has 0 saturated carbocycles. The summed E-state index contributed by atoms with van der Waals surface area (Å²) in [6.45, 7) is 0. The smallest absolute Gasteiger partial charge is 0.178 e. The maximum Gasteiger partial charge on any atom is 0.178 e. The number of rotatable bonds is 1. The molecular weight excluding hydrogens is 285 g/mol. The van der Waals surface area contributed by atoms with Crippen molar-refractivity contribution in [1.82, 2.24) is 0 Å². The van der Waals surface area contributed by atoms with Crippen LogP contribution in [0.4, 0.5) is 0 Å². The number of carbonyl (C=O) groups excluding carboxylic acids is 1. The first-order valence-electron chi connectivity index (χ1n) is 7.72. The summed E-state index contributed by atoms with van der Waals surface area (Å²) in [4.78, 5) is 12.9. The molecule has 0 fully saturated rings. The molecule has 106 valence electrons. The Bertz CT molecular complexity index is 689. The second-order valence-electron chi connectivity index (χ2n) is 7.41. The fourth-order valence-corrected chi connectivity index (χ4v) is 4.19. The van der Waals surface area contributed by atoms with Gasteiger partial charge < -0.3 is 5.73 Å². The molecule has 2 nitrogen and oxygen atoms in total. The molecule has 10 heteroatoms. The summed E-state index contributed by atoms with van der Waals surface area (Å²) in [5.41, 5.74) is 11.9. The third-order valence-electron chi connectivity index (χ3n) is 5.56. The van der Waals surface area contributed by atoms with E-state index in [9.17, 15) is 4.79 Å². The highest BCUT2D eigenvalue weighted by molar-refractivity contribution is 6.66. The highest BCUT2D eigenvalue weighted by Crippen LogP contribution is 2.47. The van der Waals surface area contributed by atoms with Crippen LogP contribution >= 0.6 is 11.6 Å². The van der Waals surface area contributed by atoms with E-state index in [-0.39, 0.29) is 11.0 Å². The molecule has 0 saturated heterocycles. The largest absolute Gasteiger partial charge is 0.316 e. The molecule has 1 unspecified atom stereocenters. The standard InChI is InChI=1S/C12H19B7ClNO/c13-3-1-4(22)12(21,11(18,19)2-3)5-6(14)7(15)8(16)9(17)10(5)20/h1H,2,13-19,21H2. The molecule has 22 heavy (non-hydrogen) atoms. The molecule has 0 spiro atoms. The first-order valence-corrected chi connectivity index (χ1v) is 8.09. The van der Waals surface area contributed by atoms with Crippen LogP contribution in [0.3, 0.4) is 0 Å². The van der Waals surface area contributed by atoms with Crippen molar-refractivity contribution in [3.63, 3.8) is 0 Å². The summed E-state index contributed by atoms with van der Waals surface area (Å²) in [6, 6.07) is 0. The van der Waals surface area contributed by atoms with Crippen LogP contribution in [0.2, 0.25) is 10.2 Å². The van der Waals surface area contributed by atoms with Crippen LogP contribution in [-0.4, -0.2) is 60.7 Å². The van der Waals surface area contributed by atoms with E-state index in [0.29, 0.717) is 5.02 Å². The second-order valence-corrected chi connectivity index (χ2v) is 7.79. The topological polar surface area (TPSA) is 43.1 Å². The number of hydrogen-bond acceptors (Lipinski definition) is 2. The zero-order valence-electron chi connectivity index (χ0n) is 14.6. The summed E-state index contributed by atoms with van der Waals surface area (Å²) < 4.78 is 0. The van der Waals surface area contributed by atoms with E-state index in [1.807, 2.05) is 23.5 Å². The Morgan fingerprint density at radius 2 is 1.50 bits per heavy atom. The Morgan fingerprint density at radius 3 is 2.00 bits per heavy atom. The highest BCUT2D eigenvalue weighted by Gasteiger charge is 2.51. The van der Waals surface area contributed by atoms with Crippen molar-refractivity contribution in [3.05, 3.63) is 22.1 Å². The lowest BCUT2D eigenvalue weighted by Crippen LogP contribution is -2.62. The molecule has 0 bridgehead atoms. The summed E-state index contributed by atoms with van der Waals surface area (Å²) in [6.07, 6.45) is 2.47. The predicted molar refractivity (Wildman–Crippen MR) is 116 cm³/mol. The van der Waals surface area contributed by atoms with Gasteiger partial charge in [-0.15, -0.1) is 16.4 Å². The first-order chi connectivity index (χ1) is 9.95. The van der Waals surface area contributed by atoms with E-state index < -0.39 is 5.54 Å². The maximum absolute atomic E-state index is 12.9. The van der Waals surface area contributed by atoms with Crippen LogP contribution in [-0.2, 0) is 10.3 Å². The normalized spacial score (nSPS) is 24.1. The fraction of sp³-hybridized carbons (Fsp3) is 0.250. The van der Waals surface area contributed by atoms with Crippen molar-refractivity contribution in [2.75, 3.05) is 0 Å². The molecular formula is C12H19B7ClNO. The average molecular weight is 304 g/mol. The molecule has 2 N–H and O–H groups in total. The highest BCUT2D eigenvalue weighted by atomic mass is 35.5. The summed E-state index contributed by atoms with van der Waals surface area (Å²) in [5.74, 6) is -0.0473. The molecule has 0 aliphatic heterocycles. The van der Waals surface area contributed by atoms with Crippen LogP contribution in [0.5, 0.6) is 0 Å². The number of allylic oxidation sites excluding steroid dienone is 1. The van der Waals surface area contributed by atoms with Crippen LogP contribution in [0, 0.1) is 0 Å². The Morgan fingerprint density at radius 1 is 1.00 bits per heavy atom. The van der Waals surface area contributed by atoms with E-state index in [0.717, 1.165) is 33.8 Å². The lowest BCUT2D eigenvalue weighted by molar-refractivity contribution is -0.120. The minimum Gasteiger partial charge on any atom is -0.316 e. The van der Waals surface area contributed by atoms with Crippen LogP contribution in [0.1, 0.15) is 12.0 Å². The molecule has 1 aliphatic carbocycles. The van der Waals surface area contributed by atoms with E-state index in [4.69, 9.17) is 17.3 Å². The van der Waals surface area contributed by atoms with Gasteiger partial charge in [0.25, 0.3) is 0 Å². The van der Waals surface area contributed by atoms with Crippen LogP contribution in [0.25, 0.3) is 0 Å². The molecule has 0 amide bonds. The van der Waals surface area contributed by atoms with Gasteiger partial charge in [-0.3, -0.25) is 4.79 Å². The zero-order valence-corrected chi connectivity index (χ0v) is 15.4. The van der Waals surface area contributed by atoms with Gasteiger partial charge in [0.15, 0.2) is 5.78 Å². The van der Waals surface area contributed by atoms with Crippen LogP contribution in [0.15, 0.2) is 11.5 Å². The summed E-state index contributed by atoms with van der Waals surface area (Å²) in [7, 11) is 14.3. The van der Waals surface area contributed by atoms with Crippen LogP contribution < -0.4 is 27.6 Å². The average Bonchev–Trinajstić information content (AvgIpc) is 2.40. The van der Waals surface area contributed by atoms with E-state index >= 15 is 0 Å². The lowest BCUT2D eigenvalue weighted by Gasteiger charge is -2.48. The Balaban J connectivity index is 2.89. The monoisotopic (exact) mass is 305 g/mol. The minimum absolute atomic E-state index is 0.0473. The summed E-state index contributed by atoms with van der Waals surface area (Å²) >= 11 is 6.67. The first kappa shape index (κ1) is 17.7. The van der Waals surface area contributed by atoms with E-state index in [1.54, 1.807) is 6.08 Å². The molecule has 0 heterocycles. The fourth-order valence-electron chi connectivity index (χ4n) is 3.76.